The molecule has 0 aliphatic rings. The first-order chi connectivity index (χ1) is 8.54. The zero-order chi connectivity index (χ0) is 13.1. The highest BCUT2D eigenvalue weighted by atomic mass is 32.1. The van der Waals surface area contributed by atoms with Crippen molar-refractivity contribution in [3.8, 4) is 0 Å². The molecular weight excluding hydrogens is 250 g/mol. The van der Waals surface area contributed by atoms with Crippen LogP contribution in [0.15, 0.2) is 29.1 Å². The van der Waals surface area contributed by atoms with Crippen LogP contribution in [0, 0.1) is 6.92 Å². The van der Waals surface area contributed by atoms with E-state index in [1.165, 1.54) is 11.6 Å². The van der Waals surface area contributed by atoms with Gasteiger partial charge in [-0.25, -0.2) is 4.68 Å². The minimum absolute atomic E-state index is 0.0718. The summed E-state index contributed by atoms with van der Waals surface area (Å²) in [7, 11) is 0. The van der Waals surface area contributed by atoms with Gasteiger partial charge in [0, 0.05) is 12.6 Å². The van der Waals surface area contributed by atoms with E-state index in [1.54, 1.807) is 13.0 Å². The van der Waals surface area contributed by atoms with Gasteiger partial charge in [-0.05, 0) is 24.6 Å². The highest BCUT2D eigenvalue weighted by molar-refractivity contribution is 7.08. The molecule has 1 aromatic carbocycles. The van der Waals surface area contributed by atoms with Crippen LogP contribution < -0.4 is 10.2 Å². The van der Waals surface area contributed by atoms with Crippen molar-refractivity contribution in [1.82, 2.24) is 9.78 Å². The molecule has 0 spiro atoms. The van der Waals surface area contributed by atoms with Gasteiger partial charge in [-0.1, -0.05) is 23.5 Å². The molecule has 0 radical (unpaired) electrons. The number of aryl methyl sites for hydroxylation is 1. The van der Waals surface area contributed by atoms with E-state index in [0.29, 0.717) is 6.54 Å². The summed E-state index contributed by atoms with van der Waals surface area (Å²) < 4.78 is 1.42. The molecule has 0 bridgehead atoms. The molecule has 0 atom stereocenters. The summed E-state index contributed by atoms with van der Waals surface area (Å²) in [6.45, 7) is 3.67. The summed E-state index contributed by atoms with van der Waals surface area (Å²) >= 11 is 1.13. The zero-order valence-corrected chi connectivity index (χ0v) is 11.0. The Balaban J connectivity index is 2.21. The van der Waals surface area contributed by atoms with Gasteiger partial charge in [-0.2, -0.15) is 5.10 Å². The maximum Gasteiger partial charge on any atom is 0.325 e. The van der Waals surface area contributed by atoms with Gasteiger partial charge in [0.2, 0.25) is 5.91 Å². The lowest BCUT2D eigenvalue weighted by Gasteiger charge is -2.05. The van der Waals surface area contributed by atoms with Crippen molar-refractivity contribution in [3.05, 3.63) is 44.5 Å². The number of rotatable bonds is 3. The lowest BCUT2D eigenvalue weighted by Crippen LogP contribution is -2.15. The lowest BCUT2D eigenvalue weighted by atomic mass is 10.2. The third-order valence-electron chi connectivity index (χ3n) is 2.29. The van der Waals surface area contributed by atoms with E-state index in [-0.39, 0.29) is 10.8 Å². The molecule has 0 fully saturated rings. The number of aromatic nitrogens is 2. The average Bonchev–Trinajstić information content (AvgIpc) is 2.57. The van der Waals surface area contributed by atoms with Gasteiger partial charge >= 0.3 is 4.87 Å². The Hall–Kier alpha value is -1.95. The van der Waals surface area contributed by atoms with Crippen LogP contribution in [-0.4, -0.2) is 15.7 Å². The first-order valence-electron chi connectivity index (χ1n) is 5.45. The second kappa shape index (κ2) is 5.14. The molecule has 0 aliphatic carbocycles. The Labute approximate surface area is 108 Å². The molecule has 1 heterocycles. The fourth-order valence-electron chi connectivity index (χ4n) is 1.63. The first-order valence-corrected chi connectivity index (χ1v) is 6.27. The predicted molar refractivity (Wildman–Crippen MR) is 71.0 cm³/mol. The molecule has 0 saturated carbocycles. The van der Waals surface area contributed by atoms with Gasteiger partial charge in [0.25, 0.3) is 0 Å². The summed E-state index contributed by atoms with van der Waals surface area (Å²) in [5, 5.41) is 7.59. The maximum absolute atomic E-state index is 11.6. The highest BCUT2D eigenvalue weighted by Gasteiger charge is 2.04. The van der Waals surface area contributed by atoms with Crippen molar-refractivity contribution in [2.45, 2.75) is 20.4 Å². The SMILES string of the molecule is CC(=O)Nc1cccc(Cn2nc(C)sc2=O)c1. The Kier molecular flexibility index (Phi) is 3.57. The molecule has 1 amide bonds. The van der Waals surface area contributed by atoms with Gasteiger partial charge in [-0.3, -0.25) is 9.59 Å². The second-order valence-electron chi connectivity index (χ2n) is 3.93. The van der Waals surface area contributed by atoms with Crippen LogP contribution in [-0.2, 0) is 11.3 Å². The Bertz CT molecular complexity index is 630. The molecule has 0 saturated heterocycles. The fraction of sp³-hybridized carbons (Fsp3) is 0.250. The van der Waals surface area contributed by atoms with Crippen molar-refractivity contribution < 1.29 is 4.79 Å². The van der Waals surface area contributed by atoms with E-state index in [4.69, 9.17) is 0 Å². The molecule has 6 heteroatoms. The van der Waals surface area contributed by atoms with E-state index in [9.17, 15) is 9.59 Å². The van der Waals surface area contributed by atoms with E-state index >= 15 is 0 Å². The maximum atomic E-state index is 11.6. The van der Waals surface area contributed by atoms with Crippen molar-refractivity contribution in [2.75, 3.05) is 5.32 Å². The van der Waals surface area contributed by atoms with Crippen molar-refractivity contribution >= 4 is 22.9 Å². The monoisotopic (exact) mass is 263 g/mol. The molecule has 18 heavy (non-hydrogen) atoms. The van der Waals surface area contributed by atoms with Gasteiger partial charge in [0.05, 0.1) is 6.54 Å². The van der Waals surface area contributed by atoms with E-state index < -0.39 is 0 Å². The minimum Gasteiger partial charge on any atom is -0.326 e. The quantitative estimate of drug-likeness (QED) is 0.915. The average molecular weight is 263 g/mol. The minimum atomic E-state index is -0.117. The molecular formula is C12H13N3O2S. The summed E-state index contributed by atoms with van der Waals surface area (Å²) in [6.07, 6.45) is 0. The summed E-state index contributed by atoms with van der Waals surface area (Å²) in [5.41, 5.74) is 1.65. The smallest absolute Gasteiger partial charge is 0.325 e. The third kappa shape index (κ3) is 3.04. The lowest BCUT2D eigenvalue weighted by molar-refractivity contribution is -0.114. The predicted octanol–water partition coefficient (Wildman–Crippen LogP) is 1.62. The largest absolute Gasteiger partial charge is 0.326 e. The standard InChI is InChI=1S/C12H13N3O2S/c1-8(16)13-11-5-3-4-10(6-11)7-15-12(17)18-9(2)14-15/h3-6H,7H2,1-2H3,(H,13,16). The number of carbonyl (C=O) groups excluding carboxylic acids is 1. The van der Waals surface area contributed by atoms with Crippen LogP contribution in [0.25, 0.3) is 0 Å². The van der Waals surface area contributed by atoms with Crippen LogP contribution in [0.4, 0.5) is 5.69 Å². The third-order valence-corrected chi connectivity index (χ3v) is 3.05. The van der Waals surface area contributed by atoms with Gasteiger partial charge in [-0.15, -0.1) is 0 Å². The van der Waals surface area contributed by atoms with E-state index in [0.717, 1.165) is 27.6 Å². The summed E-state index contributed by atoms with van der Waals surface area (Å²) in [4.78, 5) is 22.4. The Morgan fingerprint density at radius 2 is 2.28 bits per heavy atom. The number of anilines is 1. The topological polar surface area (TPSA) is 64.0 Å². The zero-order valence-electron chi connectivity index (χ0n) is 10.1. The highest BCUT2D eigenvalue weighted by Crippen LogP contribution is 2.11. The molecule has 1 N–H and O–H groups in total. The van der Waals surface area contributed by atoms with E-state index in [1.807, 2.05) is 18.2 Å². The van der Waals surface area contributed by atoms with Crippen LogP contribution in [0.3, 0.4) is 0 Å². The number of nitrogens with one attached hydrogen (secondary N) is 1. The second-order valence-corrected chi connectivity index (χ2v) is 5.07. The van der Waals surface area contributed by atoms with E-state index in [2.05, 4.69) is 10.4 Å². The molecule has 5 nitrogen and oxygen atoms in total. The number of hydrogen-bond acceptors (Lipinski definition) is 4. The molecule has 0 unspecified atom stereocenters. The normalized spacial score (nSPS) is 10.3. The van der Waals surface area contributed by atoms with Crippen molar-refractivity contribution in [2.24, 2.45) is 0 Å². The van der Waals surface area contributed by atoms with Gasteiger partial charge in [0.1, 0.15) is 5.01 Å². The van der Waals surface area contributed by atoms with Gasteiger partial charge < -0.3 is 5.32 Å². The van der Waals surface area contributed by atoms with Crippen LogP contribution >= 0.6 is 11.3 Å². The van der Waals surface area contributed by atoms with Crippen molar-refractivity contribution in [3.63, 3.8) is 0 Å². The Morgan fingerprint density at radius 1 is 1.50 bits per heavy atom. The molecule has 1 aromatic heterocycles. The summed E-state index contributed by atoms with van der Waals surface area (Å²) in [5.74, 6) is -0.117. The fourth-order valence-corrected chi connectivity index (χ4v) is 2.24. The molecule has 2 aromatic rings. The van der Waals surface area contributed by atoms with Crippen LogP contribution in [0.2, 0.25) is 0 Å². The Morgan fingerprint density at radius 3 is 2.89 bits per heavy atom. The molecule has 94 valence electrons. The number of amides is 1. The number of nitrogens with zero attached hydrogens (tertiary/aromatic N) is 2. The van der Waals surface area contributed by atoms with Crippen molar-refractivity contribution in [1.29, 1.82) is 0 Å². The number of carbonyl (C=O) groups is 1. The van der Waals surface area contributed by atoms with Crippen LogP contribution in [0.1, 0.15) is 17.5 Å². The van der Waals surface area contributed by atoms with Gasteiger partial charge in [0.15, 0.2) is 0 Å². The summed E-state index contributed by atoms with van der Waals surface area (Å²) in [6, 6.07) is 7.37. The first kappa shape index (κ1) is 12.5. The molecule has 0 aliphatic heterocycles. The number of hydrogen-bond donors (Lipinski definition) is 1. The molecule has 2 rings (SSSR count). The van der Waals surface area contributed by atoms with Crippen LogP contribution in [0.5, 0.6) is 0 Å². The number of benzene rings is 1.